The van der Waals surface area contributed by atoms with Gasteiger partial charge in [-0.05, 0) is 53.4 Å². The van der Waals surface area contributed by atoms with Crippen LogP contribution in [0, 0.1) is 6.92 Å². The third-order valence-corrected chi connectivity index (χ3v) is 3.12. The van der Waals surface area contributed by atoms with Crippen molar-refractivity contribution in [2.75, 3.05) is 0 Å². The maximum atomic E-state index is 5.72. The Labute approximate surface area is 90.4 Å². The van der Waals surface area contributed by atoms with Crippen LogP contribution in [0.4, 0.5) is 0 Å². The molecule has 0 unspecified atom stereocenters. The van der Waals surface area contributed by atoms with Gasteiger partial charge in [0.15, 0.2) is 11.5 Å². The van der Waals surface area contributed by atoms with E-state index in [2.05, 4.69) is 40.0 Å². The zero-order valence-electron chi connectivity index (χ0n) is 7.88. The first-order valence-electron chi connectivity index (χ1n) is 4.80. The molecule has 1 aromatic carbocycles. The Bertz CT molecular complexity index is 499. The number of hydrogen-bond acceptors (Lipinski definition) is 2. The molecule has 1 aliphatic rings. The van der Waals surface area contributed by atoms with Crippen molar-refractivity contribution in [2.24, 2.45) is 0 Å². The third kappa shape index (κ3) is 1.27. The molecule has 1 aromatic heterocycles. The summed E-state index contributed by atoms with van der Waals surface area (Å²) >= 11 is 3.50. The van der Waals surface area contributed by atoms with Crippen LogP contribution in [0.1, 0.15) is 30.2 Å². The summed E-state index contributed by atoms with van der Waals surface area (Å²) in [4.78, 5) is 4.50. The number of aryl methyl sites for hydroxylation is 1. The second kappa shape index (κ2) is 2.83. The van der Waals surface area contributed by atoms with Gasteiger partial charge in [0.25, 0.3) is 0 Å². The standard InChI is InChI=1S/C11H10BrNO/c1-6-4-8(12)10-9(5-6)13-11(14-10)7-2-3-7/h4-5,7H,2-3H2,1H3. The zero-order chi connectivity index (χ0) is 9.71. The maximum Gasteiger partial charge on any atom is 0.198 e. The lowest BCUT2D eigenvalue weighted by Gasteiger charge is -1.93. The minimum atomic E-state index is 0.578. The van der Waals surface area contributed by atoms with E-state index in [0.29, 0.717) is 5.92 Å². The quantitative estimate of drug-likeness (QED) is 0.771. The molecular formula is C11H10BrNO. The van der Waals surface area contributed by atoms with Gasteiger partial charge in [-0.15, -0.1) is 0 Å². The highest BCUT2D eigenvalue weighted by Crippen LogP contribution is 2.41. The van der Waals surface area contributed by atoms with Gasteiger partial charge < -0.3 is 4.42 Å². The monoisotopic (exact) mass is 251 g/mol. The van der Waals surface area contributed by atoms with E-state index in [1.807, 2.05) is 0 Å². The summed E-state index contributed by atoms with van der Waals surface area (Å²) in [6, 6.07) is 4.12. The highest BCUT2D eigenvalue weighted by molar-refractivity contribution is 9.10. The number of fused-ring (bicyclic) bond motifs is 1. The Balaban J connectivity index is 2.26. The topological polar surface area (TPSA) is 26.0 Å². The molecule has 0 atom stereocenters. The van der Waals surface area contributed by atoms with Crippen LogP contribution in [0.15, 0.2) is 21.0 Å². The van der Waals surface area contributed by atoms with E-state index in [1.54, 1.807) is 0 Å². The van der Waals surface area contributed by atoms with Gasteiger partial charge in [-0.2, -0.15) is 0 Å². The molecule has 0 saturated heterocycles. The summed E-state index contributed by atoms with van der Waals surface area (Å²) in [5, 5.41) is 0. The average molecular weight is 252 g/mol. The number of oxazole rings is 1. The summed E-state index contributed by atoms with van der Waals surface area (Å²) in [7, 11) is 0. The van der Waals surface area contributed by atoms with Crippen molar-refractivity contribution in [2.45, 2.75) is 25.7 Å². The summed E-state index contributed by atoms with van der Waals surface area (Å²) in [5.74, 6) is 1.49. The molecule has 14 heavy (non-hydrogen) atoms. The van der Waals surface area contributed by atoms with Crippen molar-refractivity contribution in [1.82, 2.24) is 4.98 Å². The summed E-state index contributed by atoms with van der Waals surface area (Å²) in [6.45, 7) is 2.07. The van der Waals surface area contributed by atoms with Gasteiger partial charge in [-0.25, -0.2) is 4.98 Å². The second-order valence-electron chi connectivity index (χ2n) is 3.92. The number of halogens is 1. The minimum absolute atomic E-state index is 0.578. The molecule has 3 heteroatoms. The molecule has 3 rings (SSSR count). The molecule has 2 aromatic rings. The number of hydrogen-bond donors (Lipinski definition) is 0. The Morgan fingerprint density at radius 1 is 1.43 bits per heavy atom. The van der Waals surface area contributed by atoms with Crippen LogP contribution in [0.25, 0.3) is 11.1 Å². The molecule has 0 spiro atoms. The van der Waals surface area contributed by atoms with Gasteiger partial charge in [0.05, 0.1) is 4.47 Å². The van der Waals surface area contributed by atoms with E-state index in [4.69, 9.17) is 4.42 Å². The van der Waals surface area contributed by atoms with Crippen LogP contribution in [-0.2, 0) is 0 Å². The molecule has 0 aliphatic heterocycles. The number of aromatic nitrogens is 1. The molecule has 2 nitrogen and oxygen atoms in total. The first-order valence-corrected chi connectivity index (χ1v) is 5.60. The molecule has 1 aliphatic carbocycles. The SMILES string of the molecule is Cc1cc(Br)c2oc(C3CC3)nc2c1. The fourth-order valence-corrected chi connectivity index (χ4v) is 2.29. The predicted molar refractivity (Wildman–Crippen MR) is 58.4 cm³/mol. The highest BCUT2D eigenvalue weighted by atomic mass is 79.9. The van der Waals surface area contributed by atoms with E-state index in [-0.39, 0.29) is 0 Å². The maximum absolute atomic E-state index is 5.72. The smallest absolute Gasteiger partial charge is 0.198 e. The van der Waals surface area contributed by atoms with Crippen molar-refractivity contribution in [3.05, 3.63) is 28.1 Å². The predicted octanol–water partition coefficient (Wildman–Crippen LogP) is 3.78. The largest absolute Gasteiger partial charge is 0.439 e. The van der Waals surface area contributed by atoms with E-state index >= 15 is 0 Å². The Morgan fingerprint density at radius 3 is 2.93 bits per heavy atom. The van der Waals surface area contributed by atoms with Crippen LogP contribution in [0.5, 0.6) is 0 Å². The van der Waals surface area contributed by atoms with Gasteiger partial charge in [0, 0.05) is 5.92 Å². The summed E-state index contributed by atoms with van der Waals surface area (Å²) in [5.41, 5.74) is 3.07. The fourth-order valence-electron chi connectivity index (χ4n) is 1.65. The van der Waals surface area contributed by atoms with Crippen LogP contribution in [0.3, 0.4) is 0 Å². The van der Waals surface area contributed by atoms with E-state index < -0.39 is 0 Å². The highest BCUT2D eigenvalue weighted by Gasteiger charge is 2.29. The van der Waals surface area contributed by atoms with Crippen LogP contribution < -0.4 is 0 Å². The number of nitrogens with zero attached hydrogens (tertiary/aromatic N) is 1. The average Bonchev–Trinajstić information content (AvgIpc) is 2.87. The molecule has 0 amide bonds. The second-order valence-corrected chi connectivity index (χ2v) is 4.78. The Kier molecular flexibility index (Phi) is 1.71. The Morgan fingerprint density at radius 2 is 2.21 bits per heavy atom. The van der Waals surface area contributed by atoms with E-state index in [1.165, 1.54) is 18.4 Å². The summed E-state index contributed by atoms with van der Waals surface area (Å²) in [6.07, 6.45) is 2.45. The normalized spacial score (nSPS) is 16.4. The zero-order valence-corrected chi connectivity index (χ0v) is 9.47. The molecule has 0 bridgehead atoms. The molecule has 1 saturated carbocycles. The third-order valence-electron chi connectivity index (χ3n) is 2.53. The van der Waals surface area contributed by atoms with Crippen molar-refractivity contribution in [3.63, 3.8) is 0 Å². The summed E-state index contributed by atoms with van der Waals surface area (Å²) < 4.78 is 6.73. The lowest BCUT2D eigenvalue weighted by molar-refractivity contribution is 0.532. The van der Waals surface area contributed by atoms with Crippen LogP contribution in [-0.4, -0.2) is 4.98 Å². The van der Waals surface area contributed by atoms with Crippen molar-refractivity contribution in [3.8, 4) is 0 Å². The molecule has 1 heterocycles. The van der Waals surface area contributed by atoms with Crippen LogP contribution in [0.2, 0.25) is 0 Å². The van der Waals surface area contributed by atoms with Crippen molar-refractivity contribution in [1.29, 1.82) is 0 Å². The van der Waals surface area contributed by atoms with Crippen LogP contribution >= 0.6 is 15.9 Å². The molecule has 1 fully saturated rings. The number of benzene rings is 1. The fraction of sp³-hybridized carbons (Fsp3) is 0.364. The van der Waals surface area contributed by atoms with Crippen molar-refractivity contribution < 1.29 is 4.42 Å². The molecule has 0 radical (unpaired) electrons. The van der Waals surface area contributed by atoms with E-state index in [0.717, 1.165) is 21.5 Å². The lowest BCUT2D eigenvalue weighted by atomic mass is 10.2. The first kappa shape index (κ1) is 8.48. The van der Waals surface area contributed by atoms with Gasteiger partial charge >= 0.3 is 0 Å². The van der Waals surface area contributed by atoms with Crippen molar-refractivity contribution >= 4 is 27.0 Å². The Hall–Kier alpha value is -0.830. The van der Waals surface area contributed by atoms with Gasteiger partial charge in [-0.3, -0.25) is 0 Å². The first-order chi connectivity index (χ1) is 6.74. The number of rotatable bonds is 1. The van der Waals surface area contributed by atoms with Gasteiger partial charge in [-0.1, -0.05) is 0 Å². The van der Waals surface area contributed by atoms with Gasteiger partial charge in [0.2, 0.25) is 0 Å². The van der Waals surface area contributed by atoms with E-state index in [9.17, 15) is 0 Å². The molecular weight excluding hydrogens is 242 g/mol. The molecule has 72 valence electrons. The minimum Gasteiger partial charge on any atom is -0.439 e. The lowest BCUT2D eigenvalue weighted by Crippen LogP contribution is -1.76. The molecule has 0 N–H and O–H groups in total. The van der Waals surface area contributed by atoms with Gasteiger partial charge in [0.1, 0.15) is 5.52 Å².